The minimum Gasteiger partial charge on any atom is -0.461 e. The van der Waals surface area contributed by atoms with Crippen molar-refractivity contribution in [3.05, 3.63) is 48.2 Å². The Kier molecular flexibility index (Phi) is 8.28. The molecule has 1 aliphatic rings. The number of hydrogen-bond donors (Lipinski definition) is 1. The molecule has 3 aromatic rings. The smallest absolute Gasteiger partial charge is 0.243 e. The van der Waals surface area contributed by atoms with Gasteiger partial charge in [0.15, 0.2) is 10.9 Å². The van der Waals surface area contributed by atoms with Gasteiger partial charge in [0.25, 0.3) is 0 Å². The number of amides is 2. The number of thioether (sulfide) groups is 1. The van der Waals surface area contributed by atoms with Crippen LogP contribution in [0, 0.1) is 0 Å². The Morgan fingerprint density at radius 3 is 2.66 bits per heavy atom. The van der Waals surface area contributed by atoms with E-state index in [1.807, 2.05) is 50.2 Å². The number of likely N-dealkylation sites (N-methyl/N-ethyl adjacent to an activating group) is 1. The summed E-state index contributed by atoms with van der Waals surface area (Å²) in [6.45, 7) is 3.87. The van der Waals surface area contributed by atoms with Crippen LogP contribution in [-0.2, 0) is 16.0 Å². The van der Waals surface area contributed by atoms with E-state index in [-0.39, 0.29) is 24.4 Å². The van der Waals surface area contributed by atoms with Gasteiger partial charge < -0.3 is 14.6 Å². The van der Waals surface area contributed by atoms with Crippen molar-refractivity contribution in [3.63, 3.8) is 0 Å². The van der Waals surface area contributed by atoms with Crippen LogP contribution >= 0.6 is 11.8 Å². The molecule has 1 N–H and O–H groups in total. The van der Waals surface area contributed by atoms with Crippen LogP contribution in [0.5, 0.6) is 0 Å². The average molecular weight is 496 g/mol. The van der Waals surface area contributed by atoms with Crippen LogP contribution < -0.4 is 5.32 Å². The molecule has 0 radical (unpaired) electrons. The first-order valence-corrected chi connectivity index (χ1v) is 13.1. The summed E-state index contributed by atoms with van der Waals surface area (Å²) in [7, 11) is 1.66. The normalized spacial score (nSPS) is 15.1. The van der Waals surface area contributed by atoms with Crippen LogP contribution in [-0.4, -0.2) is 50.3 Å². The van der Waals surface area contributed by atoms with E-state index in [2.05, 4.69) is 20.1 Å². The van der Waals surface area contributed by atoms with Crippen molar-refractivity contribution in [2.75, 3.05) is 18.9 Å². The lowest BCUT2D eigenvalue weighted by Crippen LogP contribution is -2.39. The van der Waals surface area contributed by atoms with Gasteiger partial charge in [-0.15, -0.1) is 10.2 Å². The number of para-hydroxylation sites is 1. The number of furan rings is 1. The van der Waals surface area contributed by atoms with E-state index in [1.54, 1.807) is 13.3 Å². The number of carbonyl (C=O) groups excluding carboxylic acids is 2. The maximum atomic E-state index is 13.1. The van der Waals surface area contributed by atoms with Crippen molar-refractivity contribution in [1.82, 2.24) is 19.7 Å². The fourth-order valence-corrected chi connectivity index (χ4v) is 5.59. The molecule has 2 aromatic heterocycles. The molecule has 35 heavy (non-hydrogen) atoms. The largest absolute Gasteiger partial charge is 0.461 e. The molecule has 8 nitrogen and oxygen atoms in total. The van der Waals surface area contributed by atoms with Gasteiger partial charge in [-0.2, -0.15) is 0 Å². The SMILES string of the molecule is CCc1ccccc1NC(=O)CN(C)C(=O)C(C)Sc1nnc(-c2ccco2)n1C1CCCCC1. The fourth-order valence-electron chi connectivity index (χ4n) is 4.55. The first kappa shape index (κ1) is 25.0. The fraction of sp³-hybridized carbons (Fsp3) is 0.462. The van der Waals surface area contributed by atoms with Crippen LogP contribution in [0.15, 0.2) is 52.2 Å². The van der Waals surface area contributed by atoms with Crippen LogP contribution in [0.25, 0.3) is 11.6 Å². The molecular weight excluding hydrogens is 462 g/mol. The molecule has 4 rings (SSSR count). The van der Waals surface area contributed by atoms with Crippen molar-refractivity contribution in [2.24, 2.45) is 0 Å². The second-order valence-corrected chi connectivity index (χ2v) is 10.3. The van der Waals surface area contributed by atoms with Crippen molar-refractivity contribution in [2.45, 2.75) is 68.8 Å². The lowest BCUT2D eigenvalue weighted by molar-refractivity contribution is -0.132. The molecule has 1 aromatic carbocycles. The Morgan fingerprint density at radius 1 is 1.17 bits per heavy atom. The maximum absolute atomic E-state index is 13.1. The zero-order valence-electron chi connectivity index (χ0n) is 20.6. The van der Waals surface area contributed by atoms with Crippen LogP contribution in [0.4, 0.5) is 5.69 Å². The maximum Gasteiger partial charge on any atom is 0.243 e. The number of nitrogens with zero attached hydrogens (tertiary/aromatic N) is 4. The predicted molar refractivity (Wildman–Crippen MR) is 137 cm³/mol. The van der Waals surface area contributed by atoms with Crippen molar-refractivity contribution < 1.29 is 14.0 Å². The van der Waals surface area contributed by atoms with Gasteiger partial charge >= 0.3 is 0 Å². The molecule has 1 atom stereocenters. The van der Waals surface area contributed by atoms with Gasteiger partial charge in [-0.25, -0.2) is 0 Å². The van der Waals surface area contributed by atoms with E-state index in [1.165, 1.54) is 23.1 Å². The standard InChI is InChI=1S/C26H33N5O3S/c1-4-19-11-8-9-14-21(19)27-23(32)17-30(3)25(33)18(2)35-26-29-28-24(22-15-10-16-34-22)31(26)20-12-6-5-7-13-20/h8-11,14-16,18,20H,4-7,12-13,17H2,1-3H3,(H,27,32). The second-order valence-electron chi connectivity index (χ2n) is 8.96. The summed E-state index contributed by atoms with van der Waals surface area (Å²) in [6, 6.07) is 11.7. The summed E-state index contributed by atoms with van der Waals surface area (Å²) < 4.78 is 7.75. The van der Waals surface area contributed by atoms with E-state index in [0.717, 1.165) is 43.4 Å². The van der Waals surface area contributed by atoms with E-state index in [0.29, 0.717) is 16.7 Å². The molecule has 2 amide bonds. The third-order valence-corrected chi connectivity index (χ3v) is 7.45. The molecule has 0 aliphatic heterocycles. The van der Waals surface area contributed by atoms with Crippen molar-refractivity contribution in [3.8, 4) is 11.6 Å². The Labute approximate surface area is 210 Å². The first-order valence-electron chi connectivity index (χ1n) is 12.3. The number of hydrogen-bond acceptors (Lipinski definition) is 6. The molecule has 0 saturated heterocycles. The van der Waals surface area contributed by atoms with E-state index < -0.39 is 5.25 Å². The van der Waals surface area contributed by atoms with Gasteiger partial charge in [0.2, 0.25) is 17.6 Å². The highest BCUT2D eigenvalue weighted by Crippen LogP contribution is 2.36. The topological polar surface area (TPSA) is 93.3 Å². The first-order chi connectivity index (χ1) is 17.0. The minimum absolute atomic E-state index is 0.0191. The Hall–Kier alpha value is -3.07. The molecule has 2 heterocycles. The summed E-state index contributed by atoms with van der Waals surface area (Å²) in [5.74, 6) is 1.03. The minimum atomic E-state index is -0.424. The summed E-state index contributed by atoms with van der Waals surface area (Å²) in [6.07, 6.45) is 8.13. The number of anilines is 1. The van der Waals surface area contributed by atoms with Crippen LogP contribution in [0.3, 0.4) is 0 Å². The summed E-state index contributed by atoms with van der Waals surface area (Å²) >= 11 is 1.38. The summed E-state index contributed by atoms with van der Waals surface area (Å²) in [5.41, 5.74) is 1.85. The van der Waals surface area contributed by atoms with Crippen molar-refractivity contribution >= 4 is 29.3 Å². The van der Waals surface area contributed by atoms with Gasteiger partial charge in [-0.1, -0.05) is 56.1 Å². The van der Waals surface area contributed by atoms with E-state index in [4.69, 9.17) is 4.42 Å². The third-order valence-electron chi connectivity index (χ3n) is 6.41. The molecule has 0 bridgehead atoms. The molecule has 1 aliphatic carbocycles. The highest BCUT2D eigenvalue weighted by atomic mass is 32.2. The predicted octanol–water partition coefficient (Wildman–Crippen LogP) is 5.18. The molecule has 1 saturated carbocycles. The third kappa shape index (κ3) is 5.96. The molecule has 1 unspecified atom stereocenters. The summed E-state index contributed by atoms with van der Waals surface area (Å²) in [4.78, 5) is 27.2. The monoisotopic (exact) mass is 495 g/mol. The number of aromatic nitrogens is 3. The zero-order valence-corrected chi connectivity index (χ0v) is 21.4. The van der Waals surface area contributed by atoms with E-state index in [9.17, 15) is 9.59 Å². The van der Waals surface area contributed by atoms with Gasteiger partial charge in [-0.05, 0) is 49.9 Å². The molecule has 9 heteroatoms. The van der Waals surface area contributed by atoms with Crippen molar-refractivity contribution in [1.29, 1.82) is 0 Å². The van der Waals surface area contributed by atoms with Gasteiger partial charge in [0.1, 0.15) is 0 Å². The van der Waals surface area contributed by atoms with Crippen LogP contribution in [0.1, 0.15) is 57.6 Å². The number of carbonyl (C=O) groups is 2. The number of benzene rings is 1. The average Bonchev–Trinajstić information content (AvgIpc) is 3.54. The zero-order chi connectivity index (χ0) is 24.8. The Balaban J connectivity index is 1.43. The molecule has 186 valence electrons. The number of rotatable bonds is 9. The second kappa shape index (κ2) is 11.6. The molecule has 0 spiro atoms. The highest BCUT2D eigenvalue weighted by molar-refractivity contribution is 8.00. The Bertz CT molecular complexity index is 1140. The molecule has 1 fully saturated rings. The number of aryl methyl sites for hydroxylation is 1. The number of nitrogens with one attached hydrogen (secondary N) is 1. The Morgan fingerprint density at radius 2 is 1.94 bits per heavy atom. The molecular formula is C26H33N5O3S. The lowest BCUT2D eigenvalue weighted by Gasteiger charge is -2.26. The van der Waals surface area contributed by atoms with E-state index >= 15 is 0 Å². The lowest BCUT2D eigenvalue weighted by atomic mass is 9.95. The van der Waals surface area contributed by atoms with Gasteiger partial charge in [0, 0.05) is 18.8 Å². The highest BCUT2D eigenvalue weighted by Gasteiger charge is 2.28. The van der Waals surface area contributed by atoms with Gasteiger partial charge in [0.05, 0.1) is 18.1 Å². The quantitative estimate of drug-likeness (QED) is 0.411. The van der Waals surface area contributed by atoms with Gasteiger partial charge in [-0.3, -0.25) is 14.2 Å². The summed E-state index contributed by atoms with van der Waals surface area (Å²) in [5, 5.41) is 12.1. The van der Waals surface area contributed by atoms with Crippen LogP contribution in [0.2, 0.25) is 0 Å².